The predicted molar refractivity (Wildman–Crippen MR) is 114 cm³/mol. The lowest BCUT2D eigenvalue weighted by Gasteiger charge is -2.44. The molecule has 136 valence electrons. The lowest BCUT2D eigenvalue weighted by Crippen LogP contribution is -2.47. The minimum Gasteiger partial charge on any atom is -0.414 e. The Kier molecular flexibility index (Phi) is 7.44. The van der Waals surface area contributed by atoms with Crippen molar-refractivity contribution in [1.82, 2.24) is 0 Å². The minimum atomic E-state index is -1.81. The summed E-state index contributed by atoms with van der Waals surface area (Å²) in [7, 11) is -3.25. The molecule has 0 aromatic rings. The van der Waals surface area contributed by atoms with Crippen molar-refractivity contribution < 1.29 is 9.53 Å². The van der Waals surface area contributed by atoms with Gasteiger partial charge in [0.15, 0.2) is 8.32 Å². The highest BCUT2D eigenvalue weighted by Gasteiger charge is 2.43. The monoisotopic (exact) mass is 484 g/mol. The van der Waals surface area contributed by atoms with Gasteiger partial charge in [0.25, 0.3) is 0 Å². The van der Waals surface area contributed by atoms with Gasteiger partial charge in [-0.2, -0.15) is 0 Å². The van der Waals surface area contributed by atoms with Crippen LogP contribution in [-0.4, -0.2) is 39.0 Å². The molecule has 0 aromatic heterocycles. The molecule has 6 heteroatoms. The Bertz CT molecular complexity index is 450. The van der Waals surface area contributed by atoms with Gasteiger partial charge in [-0.25, -0.2) is 0 Å². The highest BCUT2D eigenvalue weighted by atomic mass is 79.9. The molecule has 3 atom stereocenters. The number of hydrogen-bond donors (Lipinski definition) is 1. The molecule has 0 aromatic carbocycles. The molecule has 0 saturated heterocycles. The van der Waals surface area contributed by atoms with Crippen molar-refractivity contribution in [2.75, 3.05) is 5.33 Å². The molecule has 0 amide bonds. The number of rotatable bonds is 4. The summed E-state index contributed by atoms with van der Waals surface area (Å²) in [6.07, 6.45) is 1.51. The molecule has 0 unspecified atom stereocenters. The number of aliphatic hydroxyl groups excluding tert-OH is 1. The Morgan fingerprint density at radius 1 is 1.22 bits per heavy atom. The summed E-state index contributed by atoms with van der Waals surface area (Å²) in [5, 5.41) is 11.7. The van der Waals surface area contributed by atoms with E-state index in [0.29, 0.717) is 0 Å². The standard InChI is InChI=1S/C17H34Br2O2Si2/c1-17(2,3)23(7,8)21-12-9-13(16(19)22(4,5)6)14(11-18)15(20)10-12/h12,14-15,20H,9-11H2,1-8H3/b16-13+/t12-,14-,15-/m0/s1. The van der Waals surface area contributed by atoms with Crippen LogP contribution in [0.1, 0.15) is 33.6 Å². The summed E-state index contributed by atoms with van der Waals surface area (Å²) in [5.41, 5.74) is 1.38. The predicted octanol–water partition coefficient (Wildman–Crippen LogP) is 6.07. The van der Waals surface area contributed by atoms with Crippen LogP contribution in [0.5, 0.6) is 0 Å². The van der Waals surface area contributed by atoms with E-state index in [1.165, 1.54) is 9.68 Å². The minimum absolute atomic E-state index is 0.139. The average Bonchev–Trinajstić information content (AvgIpc) is 2.34. The van der Waals surface area contributed by atoms with Crippen LogP contribution < -0.4 is 0 Å². The molecule has 1 N–H and O–H groups in total. The maximum Gasteiger partial charge on any atom is 0.192 e. The fraction of sp³-hybridized carbons (Fsp3) is 0.882. The van der Waals surface area contributed by atoms with E-state index < -0.39 is 16.4 Å². The van der Waals surface area contributed by atoms with Crippen molar-refractivity contribution in [2.45, 2.75) is 83.6 Å². The molecular weight excluding hydrogens is 452 g/mol. The molecule has 23 heavy (non-hydrogen) atoms. The van der Waals surface area contributed by atoms with Crippen LogP contribution in [-0.2, 0) is 4.43 Å². The highest BCUT2D eigenvalue weighted by Crippen LogP contribution is 2.43. The van der Waals surface area contributed by atoms with Crippen molar-refractivity contribution in [3.63, 3.8) is 0 Å². The Hall–Kier alpha value is 1.05. The van der Waals surface area contributed by atoms with Crippen molar-refractivity contribution in [1.29, 1.82) is 0 Å². The third-order valence-electron chi connectivity index (χ3n) is 5.24. The van der Waals surface area contributed by atoms with Crippen molar-refractivity contribution in [3.05, 3.63) is 9.68 Å². The molecular formula is C17H34Br2O2Si2. The second kappa shape index (κ2) is 7.74. The topological polar surface area (TPSA) is 29.5 Å². The normalized spacial score (nSPS) is 29.6. The fourth-order valence-electron chi connectivity index (χ4n) is 2.76. The Balaban J connectivity index is 3.10. The second-order valence-electron chi connectivity index (χ2n) is 9.36. The summed E-state index contributed by atoms with van der Waals surface area (Å²) >= 11 is 7.49. The summed E-state index contributed by atoms with van der Waals surface area (Å²) in [5.74, 6) is 0.204. The SMILES string of the molecule is CC(C)(C)[Si](C)(C)O[C@H]1C/C(=C(/Br)[Si](C)(C)C)[C@H](CBr)[C@@H](O)C1. The molecule has 1 saturated carbocycles. The fourth-order valence-corrected chi connectivity index (χ4v) is 6.65. The first-order valence-electron chi connectivity index (χ1n) is 8.51. The van der Waals surface area contributed by atoms with Gasteiger partial charge in [-0.1, -0.05) is 77.8 Å². The maximum absolute atomic E-state index is 10.7. The number of halogens is 2. The molecule has 1 aliphatic carbocycles. The third-order valence-corrected chi connectivity index (χ3v) is 16.2. The molecule has 0 spiro atoms. The van der Waals surface area contributed by atoms with Crippen LogP contribution in [0.25, 0.3) is 0 Å². The molecule has 0 radical (unpaired) electrons. The van der Waals surface area contributed by atoms with Gasteiger partial charge >= 0.3 is 0 Å². The van der Waals surface area contributed by atoms with Gasteiger partial charge in [0, 0.05) is 11.2 Å². The van der Waals surface area contributed by atoms with Crippen LogP contribution in [0.15, 0.2) is 9.68 Å². The molecule has 0 bridgehead atoms. The van der Waals surface area contributed by atoms with Gasteiger partial charge in [-0.15, -0.1) is 0 Å². The van der Waals surface area contributed by atoms with E-state index in [4.69, 9.17) is 4.43 Å². The van der Waals surface area contributed by atoms with E-state index in [1.807, 2.05) is 0 Å². The lowest BCUT2D eigenvalue weighted by molar-refractivity contribution is 0.0401. The molecule has 1 rings (SSSR count). The van der Waals surface area contributed by atoms with E-state index in [2.05, 4.69) is 85.4 Å². The van der Waals surface area contributed by atoms with E-state index in [1.54, 1.807) is 0 Å². The van der Waals surface area contributed by atoms with Crippen molar-refractivity contribution >= 4 is 48.3 Å². The molecule has 1 fully saturated rings. The Morgan fingerprint density at radius 3 is 2.13 bits per heavy atom. The van der Waals surface area contributed by atoms with Crippen LogP contribution >= 0.6 is 31.9 Å². The molecule has 0 heterocycles. The first-order chi connectivity index (χ1) is 10.2. The highest BCUT2D eigenvalue weighted by molar-refractivity contribution is 9.12. The lowest BCUT2D eigenvalue weighted by atomic mass is 9.82. The number of aliphatic hydroxyl groups is 1. The van der Waals surface area contributed by atoms with Crippen LogP contribution in [0, 0.1) is 5.92 Å². The summed E-state index contributed by atoms with van der Waals surface area (Å²) in [6.45, 7) is 18.5. The van der Waals surface area contributed by atoms with Crippen LogP contribution in [0.4, 0.5) is 0 Å². The smallest absolute Gasteiger partial charge is 0.192 e. The van der Waals surface area contributed by atoms with Gasteiger partial charge in [0.1, 0.15) is 0 Å². The summed E-state index contributed by atoms with van der Waals surface area (Å²) in [6, 6.07) is 0. The first kappa shape index (κ1) is 22.1. The third kappa shape index (κ3) is 5.51. The maximum atomic E-state index is 10.7. The van der Waals surface area contributed by atoms with E-state index in [-0.39, 0.29) is 23.2 Å². The molecule has 0 aliphatic heterocycles. The first-order valence-corrected chi connectivity index (χ1v) is 16.8. The average molecular weight is 486 g/mol. The Labute approximate surface area is 161 Å². The molecule has 1 aliphatic rings. The van der Waals surface area contributed by atoms with Crippen LogP contribution in [0.2, 0.25) is 37.8 Å². The van der Waals surface area contributed by atoms with Crippen LogP contribution in [0.3, 0.4) is 0 Å². The van der Waals surface area contributed by atoms with Gasteiger partial charge in [0.2, 0.25) is 0 Å². The second-order valence-corrected chi connectivity index (χ2v) is 21.3. The van der Waals surface area contributed by atoms with Gasteiger partial charge in [-0.05, 0) is 35.1 Å². The van der Waals surface area contributed by atoms with Crippen molar-refractivity contribution in [2.24, 2.45) is 5.92 Å². The van der Waals surface area contributed by atoms with Gasteiger partial charge in [0.05, 0.1) is 20.3 Å². The van der Waals surface area contributed by atoms with Gasteiger partial charge in [-0.3, -0.25) is 0 Å². The summed E-state index contributed by atoms with van der Waals surface area (Å²) < 4.78 is 7.98. The molecule has 2 nitrogen and oxygen atoms in total. The largest absolute Gasteiger partial charge is 0.414 e. The summed E-state index contributed by atoms with van der Waals surface area (Å²) in [4.78, 5) is 0. The van der Waals surface area contributed by atoms with E-state index in [9.17, 15) is 5.11 Å². The zero-order chi connectivity index (χ0) is 18.2. The van der Waals surface area contributed by atoms with Gasteiger partial charge < -0.3 is 9.53 Å². The zero-order valence-electron chi connectivity index (χ0n) is 16.0. The Morgan fingerprint density at radius 2 is 1.74 bits per heavy atom. The van der Waals surface area contributed by atoms with E-state index in [0.717, 1.165) is 18.2 Å². The van der Waals surface area contributed by atoms with Crippen molar-refractivity contribution in [3.8, 4) is 0 Å². The number of hydrogen-bond acceptors (Lipinski definition) is 2. The quantitative estimate of drug-likeness (QED) is 0.386. The zero-order valence-corrected chi connectivity index (χ0v) is 21.1. The number of alkyl halides is 1. The van der Waals surface area contributed by atoms with E-state index >= 15 is 0 Å².